The highest BCUT2D eigenvalue weighted by Crippen LogP contribution is 2.65. The molecule has 0 aromatic heterocycles. The Labute approximate surface area is 117 Å². The van der Waals surface area contributed by atoms with E-state index in [1.807, 2.05) is 0 Å². The summed E-state index contributed by atoms with van der Waals surface area (Å²) in [5.74, 6) is 1.70. The standard InChI is InChI=1S/C16H23N.ClH/c1-15(2)13-9-10-14(11-13)16(15,17-3)12-7-5-4-6-8-12;/h4-8,13-14,17H,9-11H2,1-3H3;1H. The average Bonchev–Trinajstić information content (AvgIpc) is 2.88. The molecule has 1 N–H and O–H groups in total. The highest BCUT2D eigenvalue weighted by molar-refractivity contribution is 5.85. The number of hydrogen-bond acceptors (Lipinski definition) is 1. The summed E-state index contributed by atoms with van der Waals surface area (Å²) in [6, 6.07) is 11.1. The third kappa shape index (κ3) is 1.50. The van der Waals surface area contributed by atoms with Gasteiger partial charge in [-0.15, -0.1) is 12.4 Å². The Bertz CT molecular complexity index is 414. The Morgan fingerprint density at radius 2 is 1.67 bits per heavy atom. The normalized spacial score (nSPS) is 36.4. The second-order valence-electron chi connectivity index (χ2n) is 6.35. The summed E-state index contributed by atoms with van der Waals surface area (Å²) in [5, 5.41) is 3.72. The lowest BCUT2D eigenvalue weighted by atomic mass is 9.60. The van der Waals surface area contributed by atoms with Crippen LogP contribution in [0.1, 0.15) is 38.7 Å². The molecule has 3 rings (SSSR count). The topological polar surface area (TPSA) is 12.0 Å². The van der Waals surface area contributed by atoms with E-state index in [0.29, 0.717) is 5.41 Å². The van der Waals surface area contributed by atoms with Crippen LogP contribution in [0.5, 0.6) is 0 Å². The lowest BCUT2D eigenvalue weighted by Crippen LogP contribution is -2.55. The molecule has 0 spiro atoms. The minimum Gasteiger partial charge on any atom is -0.310 e. The average molecular weight is 266 g/mol. The number of benzene rings is 1. The molecule has 2 saturated carbocycles. The van der Waals surface area contributed by atoms with E-state index in [-0.39, 0.29) is 17.9 Å². The molecule has 100 valence electrons. The van der Waals surface area contributed by atoms with Gasteiger partial charge in [0.15, 0.2) is 0 Å². The minimum absolute atomic E-state index is 0. The van der Waals surface area contributed by atoms with Crippen LogP contribution in [0.15, 0.2) is 30.3 Å². The van der Waals surface area contributed by atoms with Crippen molar-refractivity contribution in [2.24, 2.45) is 17.3 Å². The van der Waals surface area contributed by atoms with Crippen LogP contribution >= 0.6 is 12.4 Å². The van der Waals surface area contributed by atoms with Gasteiger partial charge in [-0.05, 0) is 49.1 Å². The fraction of sp³-hybridized carbons (Fsp3) is 0.625. The van der Waals surface area contributed by atoms with E-state index in [9.17, 15) is 0 Å². The van der Waals surface area contributed by atoms with Crippen LogP contribution in [0.2, 0.25) is 0 Å². The smallest absolute Gasteiger partial charge is 0.0515 e. The minimum atomic E-state index is 0. The lowest BCUT2D eigenvalue weighted by Gasteiger charge is -2.50. The molecule has 0 heterocycles. The molecule has 0 saturated heterocycles. The van der Waals surface area contributed by atoms with Gasteiger partial charge in [0.1, 0.15) is 0 Å². The third-order valence-corrected chi connectivity index (χ3v) is 5.71. The molecule has 2 aliphatic rings. The molecule has 3 atom stereocenters. The molecule has 2 heteroatoms. The van der Waals surface area contributed by atoms with Gasteiger partial charge < -0.3 is 5.32 Å². The summed E-state index contributed by atoms with van der Waals surface area (Å²) in [5.41, 5.74) is 2.04. The summed E-state index contributed by atoms with van der Waals surface area (Å²) < 4.78 is 0. The molecule has 1 aromatic carbocycles. The molecule has 0 radical (unpaired) electrons. The van der Waals surface area contributed by atoms with Crippen molar-refractivity contribution in [1.82, 2.24) is 5.32 Å². The van der Waals surface area contributed by atoms with Gasteiger partial charge in [-0.2, -0.15) is 0 Å². The maximum absolute atomic E-state index is 3.72. The van der Waals surface area contributed by atoms with E-state index < -0.39 is 0 Å². The molecular formula is C16H24ClN. The van der Waals surface area contributed by atoms with Crippen molar-refractivity contribution in [3.63, 3.8) is 0 Å². The first-order chi connectivity index (χ1) is 8.13. The van der Waals surface area contributed by atoms with E-state index in [0.717, 1.165) is 11.8 Å². The monoisotopic (exact) mass is 265 g/mol. The van der Waals surface area contributed by atoms with Gasteiger partial charge in [-0.1, -0.05) is 44.2 Å². The lowest BCUT2D eigenvalue weighted by molar-refractivity contribution is 0.0545. The molecule has 2 bridgehead atoms. The second-order valence-corrected chi connectivity index (χ2v) is 6.35. The summed E-state index contributed by atoms with van der Waals surface area (Å²) in [6.07, 6.45) is 4.22. The van der Waals surface area contributed by atoms with Crippen LogP contribution in [0.3, 0.4) is 0 Å². The first-order valence-corrected chi connectivity index (χ1v) is 6.87. The number of nitrogens with one attached hydrogen (secondary N) is 1. The van der Waals surface area contributed by atoms with Gasteiger partial charge in [0, 0.05) is 0 Å². The molecule has 1 aromatic rings. The van der Waals surface area contributed by atoms with Gasteiger partial charge in [-0.25, -0.2) is 0 Å². The zero-order chi connectivity index (χ0) is 12.1. The van der Waals surface area contributed by atoms with Crippen molar-refractivity contribution in [1.29, 1.82) is 0 Å². The van der Waals surface area contributed by atoms with Crippen LogP contribution in [0, 0.1) is 17.3 Å². The van der Waals surface area contributed by atoms with E-state index in [1.54, 1.807) is 0 Å². The van der Waals surface area contributed by atoms with E-state index in [2.05, 4.69) is 56.5 Å². The summed E-state index contributed by atoms with van der Waals surface area (Å²) in [7, 11) is 2.15. The van der Waals surface area contributed by atoms with Crippen LogP contribution in [-0.2, 0) is 5.54 Å². The Morgan fingerprint density at radius 3 is 2.17 bits per heavy atom. The first-order valence-electron chi connectivity index (χ1n) is 6.87. The molecule has 2 fully saturated rings. The SMILES string of the molecule is CNC1(c2ccccc2)C2CCC(C2)C1(C)C.Cl. The van der Waals surface area contributed by atoms with Crippen molar-refractivity contribution in [3.05, 3.63) is 35.9 Å². The Hall–Kier alpha value is -0.530. The first kappa shape index (κ1) is 13.9. The van der Waals surface area contributed by atoms with Gasteiger partial charge in [0.05, 0.1) is 5.54 Å². The van der Waals surface area contributed by atoms with E-state index in [4.69, 9.17) is 0 Å². The Balaban J connectivity index is 0.00000120. The van der Waals surface area contributed by atoms with Crippen LogP contribution in [-0.4, -0.2) is 7.05 Å². The van der Waals surface area contributed by atoms with E-state index >= 15 is 0 Å². The maximum Gasteiger partial charge on any atom is 0.0515 e. The quantitative estimate of drug-likeness (QED) is 0.853. The summed E-state index contributed by atoms with van der Waals surface area (Å²) in [4.78, 5) is 0. The van der Waals surface area contributed by atoms with Crippen molar-refractivity contribution in [3.8, 4) is 0 Å². The molecule has 18 heavy (non-hydrogen) atoms. The van der Waals surface area contributed by atoms with Crippen LogP contribution in [0.4, 0.5) is 0 Å². The molecule has 2 aliphatic carbocycles. The predicted molar refractivity (Wildman–Crippen MR) is 79.0 cm³/mol. The fourth-order valence-electron chi connectivity index (χ4n) is 4.86. The number of rotatable bonds is 2. The van der Waals surface area contributed by atoms with Gasteiger partial charge in [-0.3, -0.25) is 0 Å². The van der Waals surface area contributed by atoms with Crippen molar-refractivity contribution in [2.45, 2.75) is 38.6 Å². The van der Waals surface area contributed by atoms with E-state index in [1.165, 1.54) is 24.8 Å². The van der Waals surface area contributed by atoms with Crippen LogP contribution in [0.25, 0.3) is 0 Å². The largest absolute Gasteiger partial charge is 0.310 e. The zero-order valence-electron chi connectivity index (χ0n) is 11.6. The molecule has 0 amide bonds. The highest BCUT2D eigenvalue weighted by Gasteiger charge is 2.62. The van der Waals surface area contributed by atoms with Gasteiger partial charge in [0.25, 0.3) is 0 Å². The highest BCUT2D eigenvalue weighted by atomic mass is 35.5. The molecule has 3 unspecified atom stereocenters. The Morgan fingerprint density at radius 1 is 1.06 bits per heavy atom. The zero-order valence-corrected chi connectivity index (χ0v) is 12.4. The van der Waals surface area contributed by atoms with Crippen molar-refractivity contribution >= 4 is 12.4 Å². The van der Waals surface area contributed by atoms with Gasteiger partial charge >= 0.3 is 0 Å². The number of hydrogen-bond donors (Lipinski definition) is 1. The number of fused-ring (bicyclic) bond motifs is 2. The molecule has 1 nitrogen and oxygen atoms in total. The molecule has 0 aliphatic heterocycles. The summed E-state index contributed by atoms with van der Waals surface area (Å²) in [6.45, 7) is 4.92. The summed E-state index contributed by atoms with van der Waals surface area (Å²) >= 11 is 0. The third-order valence-electron chi connectivity index (χ3n) is 5.71. The van der Waals surface area contributed by atoms with Gasteiger partial charge in [0.2, 0.25) is 0 Å². The Kier molecular flexibility index (Phi) is 3.50. The predicted octanol–water partition coefficient (Wildman–Crippen LogP) is 3.98. The van der Waals surface area contributed by atoms with Crippen molar-refractivity contribution < 1.29 is 0 Å². The van der Waals surface area contributed by atoms with Crippen LogP contribution < -0.4 is 5.32 Å². The molecular weight excluding hydrogens is 242 g/mol. The van der Waals surface area contributed by atoms with Crippen molar-refractivity contribution in [2.75, 3.05) is 7.05 Å². The second kappa shape index (κ2) is 4.54. The fourth-order valence-corrected chi connectivity index (χ4v) is 4.86. The number of halogens is 1. The maximum atomic E-state index is 3.72.